The van der Waals surface area contributed by atoms with Gasteiger partial charge in [0.25, 0.3) is 0 Å². The van der Waals surface area contributed by atoms with Crippen molar-refractivity contribution in [3.8, 4) is 51.2 Å². The van der Waals surface area contributed by atoms with Gasteiger partial charge in [-0.15, -0.1) is 0 Å². The lowest BCUT2D eigenvalue weighted by Crippen LogP contribution is -2.06. The van der Waals surface area contributed by atoms with Crippen molar-refractivity contribution in [3.63, 3.8) is 0 Å². The summed E-state index contributed by atoms with van der Waals surface area (Å²) in [6.07, 6.45) is 9.74. The van der Waals surface area contributed by atoms with Crippen molar-refractivity contribution in [2.75, 3.05) is 0 Å². The molecular weight excluding hydrogens is 534 g/mol. The number of carboxylic acid groups (broad SMARTS) is 2. The number of carboxylic acids is 2. The van der Waals surface area contributed by atoms with Gasteiger partial charge in [-0.2, -0.15) is 0 Å². The lowest BCUT2D eigenvalue weighted by Gasteiger charge is -2.16. The highest BCUT2D eigenvalue weighted by molar-refractivity contribution is 5.98. The molecule has 11 nitrogen and oxygen atoms in total. The number of hydrogen-bond acceptors (Lipinski definition) is 7. The third-order valence-corrected chi connectivity index (χ3v) is 6.75. The molecule has 0 spiro atoms. The maximum Gasteiger partial charge on any atom is 0.336 e. The van der Waals surface area contributed by atoms with Crippen molar-refractivity contribution in [3.05, 3.63) is 108 Å². The fourth-order valence-corrected chi connectivity index (χ4v) is 4.76. The summed E-state index contributed by atoms with van der Waals surface area (Å²) >= 11 is 0. The zero-order valence-corrected chi connectivity index (χ0v) is 22.5. The Hall–Kier alpha value is -5.97. The van der Waals surface area contributed by atoms with E-state index in [1.54, 1.807) is 27.7 Å². The molecule has 11 heteroatoms. The smallest absolute Gasteiger partial charge is 0.336 e. The standard InChI is InChI=1S/C31H23N7O4/c1-18-6-7-27(38-12-11-34-28(38)24-14-19(30(39)40)8-10-33-24)20(13-18)22-16-35-25(15-21(22)31(41)42)29-36-26(17-37(29)2)23-5-3-4-9-32-23/h3-17H,1-2H3,(H,39,40)(H,41,42). The van der Waals surface area contributed by atoms with E-state index < -0.39 is 11.9 Å². The lowest BCUT2D eigenvalue weighted by molar-refractivity contribution is 0.0686. The second-order valence-corrected chi connectivity index (χ2v) is 9.57. The first-order valence-corrected chi connectivity index (χ1v) is 12.8. The molecule has 0 aliphatic carbocycles. The number of hydrogen-bond donors (Lipinski definition) is 2. The van der Waals surface area contributed by atoms with Gasteiger partial charge in [0, 0.05) is 55.4 Å². The van der Waals surface area contributed by atoms with E-state index in [2.05, 4.69) is 24.9 Å². The maximum absolute atomic E-state index is 12.6. The van der Waals surface area contributed by atoms with Gasteiger partial charge in [-0.3, -0.25) is 19.5 Å². The minimum Gasteiger partial charge on any atom is -0.478 e. The molecule has 0 radical (unpaired) electrons. The van der Waals surface area contributed by atoms with Gasteiger partial charge in [0.15, 0.2) is 11.6 Å². The average molecular weight is 558 g/mol. The molecule has 5 aromatic heterocycles. The first-order chi connectivity index (χ1) is 20.3. The number of aromatic nitrogens is 7. The van der Waals surface area contributed by atoms with E-state index in [-0.39, 0.29) is 11.1 Å². The van der Waals surface area contributed by atoms with Crippen LogP contribution in [0.2, 0.25) is 0 Å². The first-order valence-electron chi connectivity index (χ1n) is 12.8. The normalized spacial score (nSPS) is 11.0. The highest BCUT2D eigenvalue weighted by atomic mass is 16.4. The number of benzene rings is 1. The van der Waals surface area contributed by atoms with Crippen LogP contribution in [0, 0.1) is 6.92 Å². The van der Waals surface area contributed by atoms with Gasteiger partial charge >= 0.3 is 11.9 Å². The molecule has 0 unspecified atom stereocenters. The van der Waals surface area contributed by atoms with Gasteiger partial charge in [-0.25, -0.2) is 19.6 Å². The Kier molecular flexibility index (Phi) is 6.59. The van der Waals surface area contributed by atoms with E-state index in [4.69, 9.17) is 0 Å². The summed E-state index contributed by atoms with van der Waals surface area (Å²) in [5, 5.41) is 19.8. The molecule has 0 aliphatic rings. The Labute approximate surface area is 239 Å². The molecule has 0 saturated heterocycles. The van der Waals surface area contributed by atoms with E-state index in [0.29, 0.717) is 51.2 Å². The van der Waals surface area contributed by atoms with Crippen LogP contribution in [0.15, 0.2) is 91.8 Å². The summed E-state index contributed by atoms with van der Waals surface area (Å²) in [7, 11) is 1.82. The topological polar surface area (TPSA) is 149 Å². The van der Waals surface area contributed by atoms with Crippen LogP contribution in [0.1, 0.15) is 26.3 Å². The highest BCUT2D eigenvalue weighted by Gasteiger charge is 2.22. The zero-order valence-electron chi connectivity index (χ0n) is 22.5. The predicted octanol–water partition coefficient (Wildman–Crippen LogP) is 5.16. The van der Waals surface area contributed by atoms with E-state index in [0.717, 1.165) is 5.56 Å². The van der Waals surface area contributed by atoms with Crippen LogP contribution in [0.3, 0.4) is 0 Å². The van der Waals surface area contributed by atoms with Crippen molar-refractivity contribution in [2.24, 2.45) is 7.05 Å². The van der Waals surface area contributed by atoms with E-state index in [1.807, 2.05) is 56.6 Å². The number of aromatic carboxylic acids is 2. The van der Waals surface area contributed by atoms with Crippen LogP contribution < -0.4 is 0 Å². The quantitative estimate of drug-likeness (QED) is 0.271. The predicted molar refractivity (Wildman–Crippen MR) is 154 cm³/mol. The van der Waals surface area contributed by atoms with Gasteiger partial charge in [0.1, 0.15) is 17.1 Å². The number of imidazole rings is 2. The molecule has 0 amide bonds. The van der Waals surface area contributed by atoms with E-state index in [1.165, 1.54) is 30.6 Å². The second kappa shape index (κ2) is 10.5. The molecule has 206 valence electrons. The highest BCUT2D eigenvalue weighted by Crippen LogP contribution is 2.34. The molecule has 0 fully saturated rings. The van der Waals surface area contributed by atoms with E-state index >= 15 is 0 Å². The fraction of sp³-hybridized carbons (Fsp3) is 0.0645. The third-order valence-electron chi connectivity index (χ3n) is 6.75. The minimum atomic E-state index is -1.12. The number of aryl methyl sites for hydroxylation is 2. The summed E-state index contributed by atoms with van der Waals surface area (Å²) < 4.78 is 3.53. The zero-order chi connectivity index (χ0) is 29.4. The van der Waals surface area contributed by atoms with Crippen LogP contribution in [-0.2, 0) is 7.05 Å². The van der Waals surface area contributed by atoms with Gasteiger partial charge in [-0.1, -0.05) is 17.7 Å². The molecule has 6 aromatic rings. The van der Waals surface area contributed by atoms with E-state index in [9.17, 15) is 19.8 Å². The molecule has 0 aliphatic heterocycles. The molecule has 0 saturated carbocycles. The van der Waals surface area contributed by atoms with Crippen LogP contribution in [0.4, 0.5) is 0 Å². The number of rotatable bonds is 7. The molecule has 0 atom stereocenters. The maximum atomic E-state index is 12.6. The molecule has 6 rings (SSSR count). The molecule has 0 bridgehead atoms. The van der Waals surface area contributed by atoms with Gasteiger partial charge in [-0.05, 0) is 49.4 Å². The molecule has 1 aromatic carbocycles. The summed E-state index contributed by atoms with van der Waals surface area (Å²) in [5.41, 5.74) is 4.75. The number of pyridine rings is 3. The summed E-state index contributed by atoms with van der Waals surface area (Å²) in [4.78, 5) is 46.6. The first kappa shape index (κ1) is 26.3. The Morgan fingerprint density at radius 2 is 1.55 bits per heavy atom. The van der Waals surface area contributed by atoms with Crippen LogP contribution in [0.25, 0.3) is 51.2 Å². The fourth-order valence-electron chi connectivity index (χ4n) is 4.76. The Morgan fingerprint density at radius 3 is 2.31 bits per heavy atom. The van der Waals surface area contributed by atoms with Crippen LogP contribution >= 0.6 is 0 Å². The molecule has 5 heterocycles. The molecule has 2 N–H and O–H groups in total. The van der Waals surface area contributed by atoms with Gasteiger partial charge in [0.05, 0.1) is 22.5 Å². The van der Waals surface area contributed by atoms with Crippen molar-refractivity contribution >= 4 is 11.9 Å². The average Bonchev–Trinajstić information content (AvgIpc) is 3.64. The summed E-state index contributed by atoms with van der Waals surface area (Å²) in [5.74, 6) is -1.30. The van der Waals surface area contributed by atoms with Gasteiger partial charge < -0.3 is 14.8 Å². The van der Waals surface area contributed by atoms with Crippen molar-refractivity contribution < 1.29 is 19.8 Å². The number of nitrogens with zero attached hydrogens (tertiary/aromatic N) is 7. The molecular formula is C31H23N7O4. The minimum absolute atomic E-state index is 0.0434. The molecule has 42 heavy (non-hydrogen) atoms. The monoisotopic (exact) mass is 557 g/mol. The number of carbonyl (C=O) groups is 2. The third kappa shape index (κ3) is 4.79. The SMILES string of the molecule is Cc1ccc(-n2ccnc2-c2cc(C(=O)O)ccn2)c(-c2cnc(-c3nc(-c4ccccn4)cn3C)cc2C(=O)O)c1. The Bertz CT molecular complexity index is 1980. The van der Waals surface area contributed by atoms with Crippen LogP contribution in [0.5, 0.6) is 0 Å². The summed E-state index contributed by atoms with van der Waals surface area (Å²) in [6.45, 7) is 1.91. The van der Waals surface area contributed by atoms with Crippen molar-refractivity contribution in [1.29, 1.82) is 0 Å². The Balaban J connectivity index is 1.48. The summed E-state index contributed by atoms with van der Waals surface area (Å²) in [6, 6.07) is 15.5. The van der Waals surface area contributed by atoms with Crippen molar-refractivity contribution in [1.82, 2.24) is 34.1 Å². The Morgan fingerprint density at radius 1 is 0.738 bits per heavy atom. The van der Waals surface area contributed by atoms with Crippen LogP contribution in [-0.4, -0.2) is 56.2 Å². The largest absolute Gasteiger partial charge is 0.478 e. The van der Waals surface area contributed by atoms with Crippen molar-refractivity contribution in [2.45, 2.75) is 6.92 Å². The second-order valence-electron chi connectivity index (χ2n) is 9.57. The lowest BCUT2D eigenvalue weighted by atomic mass is 9.97. The van der Waals surface area contributed by atoms with Gasteiger partial charge in [0.2, 0.25) is 0 Å².